The van der Waals surface area contributed by atoms with Crippen molar-refractivity contribution < 1.29 is 9.47 Å². The van der Waals surface area contributed by atoms with Gasteiger partial charge in [-0.15, -0.1) is 0 Å². The van der Waals surface area contributed by atoms with E-state index in [0.717, 1.165) is 35.4 Å². The molecule has 1 spiro atoms. The minimum Gasteiger partial charge on any atom is -0.497 e. The van der Waals surface area contributed by atoms with Crippen LogP contribution in [-0.2, 0) is 4.74 Å². The zero-order valence-electron chi connectivity index (χ0n) is 12.0. The number of hydrogen-bond donors (Lipinski definition) is 1. The Bertz CT molecular complexity index is 472. The zero-order chi connectivity index (χ0) is 14.0. The van der Waals surface area contributed by atoms with Gasteiger partial charge >= 0.3 is 0 Å². The lowest BCUT2D eigenvalue weighted by Gasteiger charge is -2.39. The van der Waals surface area contributed by atoms with E-state index in [1.54, 1.807) is 7.11 Å². The van der Waals surface area contributed by atoms with Crippen molar-refractivity contribution in [1.82, 2.24) is 0 Å². The Morgan fingerprint density at radius 2 is 2.15 bits per heavy atom. The van der Waals surface area contributed by atoms with Crippen LogP contribution in [0.15, 0.2) is 22.7 Å². The summed E-state index contributed by atoms with van der Waals surface area (Å²) < 4.78 is 12.5. The number of nitrogens with one attached hydrogen (secondary N) is 1. The minimum atomic E-state index is 0.154. The van der Waals surface area contributed by atoms with Crippen molar-refractivity contribution in [3.63, 3.8) is 0 Å². The third-order valence-corrected chi connectivity index (χ3v) is 5.23. The predicted molar refractivity (Wildman–Crippen MR) is 84.5 cm³/mol. The Kier molecular flexibility index (Phi) is 4.22. The van der Waals surface area contributed by atoms with Gasteiger partial charge in [-0.05, 0) is 53.7 Å². The molecule has 1 aromatic rings. The molecule has 3 nitrogen and oxygen atoms in total. The molecule has 1 saturated carbocycles. The fourth-order valence-corrected chi connectivity index (χ4v) is 3.84. The maximum atomic E-state index is 6.09. The summed E-state index contributed by atoms with van der Waals surface area (Å²) >= 11 is 3.61. The van der Waals surface area contributed by atoms with E-state index in [4.69, 9.17) is 9.47 Å². The van der Waals surface area contributed by atoms with Crippen LogP contribution in [0.4, 0.5) is 5.69 Å². The Morgan fingerprint density at radius 1 is 1.35 bits per heavy atom. The smallest absolute Gasteiger partial charge is 0.121 e. The third-order valence-electron chi connectivity index (χ3n) is 4.54. The molecule has 1 heterocycles. The summed E-state index contributed by atoms with van der Waals surface area (Å²) in [5, 5.41) is 3.67. The molecular weight excluding hydrogens is 318 g/mol. The number of anilines is 1. The standard InChI is InChI=1S/C16H22BrNO2/c1-19-13-4-5-14(17)15(10-13)18-12-6-9-20-16(11-12)7-2-3-8-16/h4-5,10,12,18H,2-3,6-9,11H2,1H3. The first-order valence-electron chi connectivity index (χ1n) is 7.45. The van der Waals surface area contributed by atoms with Crippen LogP contribution in [-0.4, -0.2) is 25.4 Å². The molecule has 1 aliphatic carbocycles. The summed E-state index contributed by atoms with van der Waals surface area (Å²) in [4.78, 5) is 0. The highest BCUT2D eigenvalue weighted by Gasteiger charge is 2.39. The maximum Gasteiger partial charge on any atom is 0.121 e. The molecule has 2 aliphatic rings. The molecule has 1 unspecified atom stereocenters. The molecule has 1 aromatic carbocycles. The van der Waals surface area contributed by atoms with Gasteiger partial charge in [0.15, 0.2) is 0 Å². The lowest BCUT2D eigenvalue weighted by Crippen LogP contribution is -2.42. The topological polar surface area (TPSA) is 30.5 Å². The van der Waals surface area contributed by atoms with Gasteiger partial charge < -0.3 is 14.8 Å². The maximum absolute atomic E-state index is 6.09. The average molecular weight is 340 g/mol. The Balaban J connectivity index is 1.71. The number of ether oxygens (including phenoxy) is 2. The first-order chi connectivity index (χ1) is 9.71. The van der Waals surface area contributed by atoms with E-state index in [0.29, 0.717) is 6.04 Å². The molecule has 1 saturated heterocycles. The van der Waals surface area contributed by atoms with E-state index in [1.807, 2.05) is 12.1 Å². The number of benzene rings is 1. The van der Waals surface area contributed by atoms with Crippen molar-refractivity contribution in [2.24, 2.45) is 0 Å². The second-order valence-electron chi connectivity index (χ2n) is 5.92. The first kappa shape index (κ1) is 14.2. The number of halogens is 1. The van der Waals surface area contributed by atoms with Crippen molar-refractivity contribution in [3.8, 4) is 5.75 Å². The highest BCUT2D eigenvalue weighted by Crippen LogP contribution is 2.41. The minimum absolute atomic E-state index is 0.154. The molecular formula is C16H22BrNO2. The van der Waals surface area contributed by atoms with Crippen molar-refractivity contribution in [2.45, 2.75) is 50.2 Å². The highest BCUT2D eigenvalue weighted by molar-refractivity contribution is 9.10. The van der Waals surface area contributed by atoms with E-state index >= 15 is 0 Å². The van der Waals surface area contributed by atoms with Crippen LogP contribution < -0.4 is 10.1 Å². The normalized spacial score (nSPS) is 24.8. The Labute approximate surface area is 129 Å². The quantitative estimate of drug-likeness (QED) is 0.887. The Morgan fingerprint density at radius 3 is 2.90 bits per heavy atom. The number of methoxy groups -OCH3 is 1. The predicted octanol–water partition coefficient (Wildman–Crippen LogP) is 4.36. The monoisotopic (exact) mass is 339 g/mol. The molecule has 2 fully saturated rings. The first-order valence-corrected chi connectivity index (χ1v) is 8.24. The van der Waals surface area contributed by atoms with Crippen LogP contribution >= 0.6 is 15.9 Å². The van der Waals surface area contributed by atoms with Gasteiger partial charge in [0, 0.05) is 23.2 Å². The van der Waals surface area contributed by atoms with Crippen LogP contribution in [0.5, 0.6) is 5.75 Å². The number of hydrogen-bond acceptors (Lipinski definition) is 3. The summed E-state index contributed by atoms with van der Waals surface area (Å²) in [5.41, 5.74) is 1.27. The van der Waals surface area contributed by atoms with Gasteiger partial charge in [-0.1, -0.05) is 12.8 Å². The second kappa shape index (κ2) is 5.94. The van der Waals surface area contributed by atoms with Crippen LogP contribution in [0.2, 0.25) is 0 Å². The van der Waals surface area contributed by atoms with Crippen LogP contribution in [0.25, 0.3) is 0 Å². The molecule has 1 aliphatic heterocycles. The van der Waals surface area contributed by atoms with E-state index in [9.17, 15) is 0 Å². The van der Waals surface area contributed by atoms with E-state index in [-0.39, 0.29) is 5.60 Å². The molecule has 0 bridgehead atoms. The third kappa shape index (κ3) is 2.96. The molecule has 110 valence electrons. The molecule has 1 atom stereocenters. The van der Waals surface area contributed by atoms with Gasteiger partial charge in [-0.2, -0.15) is 0 Å². The summed E-state index contributed by atoms with van der Waals surface area (Å²) in [6, 6.07) is 6.55. The van der Waals surface area contributed by atoms with E-state index < -0.39 is 0 Å². The second-order valence-corrected chi connectivity index (χ2v) is 6.77. The Hall–Kier alpha value is -0.740. The molecule has 20 heavy (non-hydrogen) atoms. The van der Waals surface area contributed by atoms with E-state index in [1.165, 1.54) is 25.7 Å². The molecule has 0 radical (unpaired) electrons. The molecule has 3 rings (SSSR count). The fourth-order valence-electron chi connectivity index (χ4n) is 3.48. The van der Waals surface area contributed by atoms with Gasteiger partial charge in [0.1, 0.15) is 5.75 Å². The SMILES string of the molecule is COc1ccc(Br)c(NC2CCOC3(CCCC3)C2)c1. The zero-order valence-corrected chi connectivity index (χ0v) is 13.5. The lowest BCUT2D eigenvalue weighted by molar-refractivity contribution is -0.0767. The van der Waals surface area contributed by atoms with Crippen molar-refractivity contribution in [3.05, 3.63) is 22.7 Å². The van der Waals surface area contributed by atoms with Gasteiger partial charge in [0.2, 0.25) is 0 Å². The summed E-state index contributed by atoms with van der Waals surface area (Å²) in [7, 11) is 1.70. The molecule has 4 heteroatoms. The van der Waals surface area contributed by atoms with Crippen LogP contribution in [0.3, 0.4) is 0 Å². The van der Waals surface area contributed by atoms with Crippen LogP contribution in [0.1, 0.15) is 38.5 Å². The fraction of sp³-hybridized carbons (Fsp3) is 0.625. The molecule has 0 aromatic heterocycles. The summed E-state index contributed by atoms with van der Waals surface area (Å²) in [5.74, 6) is 0.887. The van der Waals surface area contributed by atoms with Gasteiger partial charge in [-0.3, -0.25) is 0 Å². The lowest BCUT2D eigenvalue weighted by atomic mass is 9.89. The largest absolute Gasteiger partial charge is 0.497 e. The molecule has 1 N–H and O–H groups in total. The highest BCUT2D eigenvalue weighted by atomic mass is 79.9. The van der Waals surface area contributed by atoms with Gasteiger partial charge in [0.05, 0.1) is 18.4 Å². The van der Waals surface area contributed by atoms with Crippen LogP contribution in [0, 0.1) is 0 Å². The van der Waals surface area contributed by atoms with E-state index in [2.05, 4.69) is 27.3 Å². The van der Waals surface area contributed by atoms with Crippen molar-refractivity contribution in [1.29, 1.82) is 0 Å². The number of rotatable bonds is 3. The summed E-state index contributed by atoms with van der Waals surface area (Å²) in [6.07, 6.45) is 7.28. The average Bonchev–Trinajstić information content (AvgIpc) is 2.89. The summed E-state index contributed by atoms with van der Waals surface area (Å²) in [6.45, 7) is 0.874. The van der Waals surface area contributed by atoms with Crippen molar-refractivity contribution in [2.75, 3.05) is 19.0 Å². The van der Waals surface area contributed by atoms with Crippen molar-refractivity contribution >= 4 is 21.6 Å². The molecule has 0 amide bonds. The van der Waals surface area contributed by atoms with Gasteiger partial charge in [-0.25, -0.2) is 0 Å². The van der Waals surface area contributed by atoms with Gasteiger partial charge in [0.25, 0.3) is 0 Å².